The van der Waals surface area contributed by atoms with Crippen molar-refractivity contribution >= 4 is 38.4 Å². The molecule has 0 radical (unpaired) electrons. The number of piperidine rings is 1. The zero-order chi connectivity index (χ0) is 22.0. The highest BCUT2D eigenvalue weighted by molar-refractivity contribution is 7.89. The fourth-order valence-electron chi connectivity index (χ4n) is 3.74. The van der Waals surface area contributed by atoms with E-state index in [4.69, 9.17) is 11.6 Å². The molecule has 162 valence electrons. The van der Waals surface area contributed by atoms with Gasteiger partial charge in [0, 0.05) is 42.2 Å². The molecule has 1 aliphatic rings. The van der Waals surface area contributed by atoms with E-state index in [0.717, 1.165) is 5.56 Å². The van der Waals surface area contributed by atoms with Gasteiger partial charge in [0.2, 0.25) is 21.5 Å². The van der Waals surface area contributed by atoms with E-state index in [9.17, 15) is 18.0 Å². The maximum atomic E-state index is 13.1. The number of nitrogens with one attached hydrogen (secondary N) is 2. The second kappa shape index (κ2) is 8.82. The van der Waals surface area contributed by atoms with Gasteiger partial charge in [-0.25, -0.2) is 8.42 Å². The lowest BCUT2D eigenvalue weighted by atomic mass is 9.97. The van der Waals surface area contributed by atoms with Crippen LogP contribution in [0.5, 0.6) is 0 Å². The number of sulfonamides is 1. The highest BCUT2D eigenvalue weighted by atomic mass is 35.5. The molecule has 2 aromatic carbocycles. The first kappa shape index (κ1) is 21.5. The Labute approximate surface area is 185 Å². The molecule has 2 N–H and O–H groups in total. The summed E-state index contributed by atoms with van der Waals surface area (Å²) in [6.07, 6.45) is 0.930. The normalized spacial score (nSPS) is 15.8. The van der Waals surface area contributed by atoms with Crippen LogP contribution in [0.3, 0.4) is 0 Å². The molecular formula is C22H22ClN3O4S. The number of carbonyl (C=O) groups is 1. The molecule has 1 aliphatic heterocycles. The van der Waals surface area contributed by atoms with Gasteiger partial charge in [-0.2, -0.15) is 4.31 Å². The van der Waals surface area contributed by atoms with E-state index in [1.807, 2.05) is 12.1 Å². The van der Waals surface area contributed by atoms with E-state index in [2.05, 4.69) is 10.3 Å². The predicted octanol–water partition coefficient (Wildman–Crippen LogP) is 2.90. The summed E-state index contributed by atoms with van der Waals surface area (Å²) in [4.78, 5) is 26.8. The zero-order valence-corrected chi connectivity index (χ0v) is 18.2. The summed E-state index contributed by atoms with van der Waals surface area (Å²) in [5, 5.41) is 4.21. The Kier molecular flexibility index (Phi) is 6.13. The molecule has 1 fully saturated rings. The summed E-state index contributed by atoms with van der Waals surface area (Å²) >= 11 is 5.87. The van der Waals surface area contributed by atoms with Crippen LogP contribution in [0.4, 0.5) is 0 Å². The number of carbonyl (C=O) groups excluding carboxylic acids is 1. The molecule has 0 aliphatic carbocycles. The number of H-pyrrole nitrogens is 1. The fourth-order valence-corrected chi connectivity index (χ4v) is 5.37. The van der Waals surface area contributed by atoms with Gasteiger partial charge in [0.05, 0.1) is 4.90 Å². The van der Waals surface area contributed by atoms with Crippen molar-refractivity contribution in [1.29, 1.82) is 0 Å². The number of amides is 1. The molecule has 0 bridgehead atoms. The number of halogens is 1. The molecule has 0 unspecified atom stereocenters. The molecule has 1 amide bonds. The minimum atomic E-state index is -3.67. The maximum absolute atomic E-state index is 13.1. The molecule has 2 heterocycles. The monoisotopic (exact) mass is 459 g/mol. The quantitative estimate of drug-likeness (QED) is 0.612. The van der Waals surface area contributed by atoms with E-state index in [1.165, 1.54) is 16.4 Å². The number of hydrogen-bond donors (Lipinski definition) is 2. The maximum Gasteiger partial charge on any atom is 0.248 e. The summed E-state index contributed by atoms with van der Waals surface area (Å²) in [5.41, 5.74) is 1.30. The van der Waals surface area contributed by atoms with Crippen molar-refractivity contribution in [1.82, 2.24) is 14.6 Å². The van der Waals surface area contributed by atoms with Crippen molar-refractivity contribution in [2.24, 2.45) is 5.92 Å². The van der Waals surface area contributed by atoms with Gasteiger partial charge in [-0.15, -0.1) is 0 Å². The van der Waals surface area contributed by atoms with Crippen molar-refractivity contribution in [2.45, 2.75) is 24.3 Å². The van der Waals surface area contributed by atoms with Crippen LogP contribution >= 0.6 is 11.6 Å². The van der Waals surface area contributed by atoms with Crippen molar-refractivity contribution in [2.75, 3.05) is 13.1 Å². The van der Waals surface area contributed by atoms with Gasteiger partial charge >= 0.3 is 0 Å². The van der Waals surface area contributed by atoms with E-state index >= 15 is 0 Å². The van der Waals surface area contributed by atoms with Crippen LogP contribution in [0.2, 0.25) is 5.02 Å². The number of fused-ring (bicyclic) bond motifs is 1. The average Bonchev–Trinajstić information content (AvgIpc) is 2.78. The molecular weight excluding hydrogens is 438 g/mol. The Morgan fingerprint density at radius 3 is 2.48 bits per heavy atom. The minimum Gasteiger partial charge on any atom is -0.352 e. The van der Waals surface area contributed by atoms with E-state index in [1.54, 1.807) is 30.3 Å². The van der Waals surface area contributed by atoms with Gasteiger partial charge in [0.25, 0.3) is 0 Å². The summed E-state index contributed by atoms with van der Waals surface area (Å²) in [6.45, 7) is 0.976. The Morgan fingerprint density at radius 2 is 1.77 bits per heavy atom. The number of nitrogens with zero attached hydrogens (tertiary/aromatic N) is 1. The second-order valence-corrected chi connectivity index (χ2v) is 9.97. The third-order valence-corrected chi connectivity index (χ3v) is 7.68. The van der Waals surface area contributed by atoms with Crippen LogP contribution < -0.4 is 10.9 Å². The van der Waals surface area contributed by atoms with Gasteiger partial charge in [-0.05, 0) is 60.2 Å². The summed E-state index contributed by atoms with van der Waals surface area (Å²) < 4.78 is 27.5. The third kappa shape index (κ3) is 4.81. The number of pyridine rings is 1. The molecule has 9 heteroatoms. The van der Waals surface area contributed by atoms with Gasteiger partial charge in [-0.1, -0.05) is 23.7 Å². The van der Waals surface area contributed by atoms with E-state index in [-0.39, 0.29) is 35.4 Å². The number of aromatic nitrogens is 1. The average molecular weight is 460 g/mol. The van der Waals surface area contributed by atoms with Crippen molar-refractivity contribution in [3.63, 3.8) is 0 Å². The Balaban J connectivity index is 1.38. The minimum absolute atomic E-state index is 0.0679. The summed E-state index contributed by atoms with van der Waals surface area (Å²) in [7, 11) is -3.67. The molecule has 3 aromatic rings. The zero-order valence-electron chi connectivity index (χ0n) is 16.7. The standard InChI is InChI=1S/C22H22ClN3O4S/c23-18-4-1-15(2-5-18)14-24-22(28)16-9-11-26(12-10-16)31(29,30)19-6-7-20-17(13-19)3-8-21(27)25-20/h1-8,13,16H,9-12,14H2,(H,24,28)(H,25,27). The van der Waals surface area contributed by atoms with E-state index in [0.29, 0.717) is 35.3 Å². The van der Waals surface area contributed by atoms with Gasteiger partial charge in [0.1, 0.15) is 0 Å². The number of aromatic amines is 1. The fraction of sp³-hybridized carbons (Fsp3) is 0.273. The molecule has 4 rings (SSSR count). The number of rotatable bonds is 5. The molecule has 0 saturated carbocycles. The Bertz CT molecular complexity index is 1260. The summed E-state index contributed by atoms with van der Waals surface area (Å²) in [5.74, 6) is -0.290. The lowest BCUT2D eigenvalue weighted by molar-refractivity contribution is -0.126. The van der Waals surface area contributed by atoms with E-state index < -0.39 is 10.0 Å². The van der Waals surface area contributed by atoms with Crippen LogP contribution in [0, 0.1) is 5.92 Å². The topological polar surface area (TPSA) is 99.3 Å². The van der Waals surface area contributed by atoms with Crippen LogP contribution in [0.25, 0.3) is 10.9 Å². The SMILES string of the molecule is O=C(NCc1ccc(Cl)cc1)C1CCN(S(=O)(=O)c2ccc3[nH]c(=O)ccc3c2)CC1. The molecule has 31 heavy (non-hydrogen) atoms. The molecule has 7 nitrogen and oxygen atoms in total. The van der Waals surface area contributed by atoms with Crippen molar-refractivity contribution in [3.8, 4) is 0 Å². The van der Waals surface area contributed by atoms with Gasteiger partial charge < -0.3 is 10.3 Å². The molecule has 1 aromatic heterocycles. The first-order valence-electron chi connectivity index (χ1n) is 9.98. The lowest BCUT2D eigenvalue weighted by Crippen LogP contribution is -2.42. The van der Waals surface area contributed by atoms with Gasteiger partial charge in [-0.3, -0.25) is 9.59 Å². The van der Waals surface area contributed by atoms with Crippen LogP contribution in [0.15, 0.2) is 64.3 Å². The predicted molar refractivity (Wildman–Crippen MR) is 119 cm³/mol. The van der Waals surface area contributed by atoms with Crippen molar-refractivity contribution in [3.05, 3.63) is 75.5 Å². The molecule has 1 saturated heterocycles. The number of benzene rings is 2. The van der Waals surface area contributed by atoms with Crippen molar-refractivity contribution < 1.29 is 13.2 Å². The van der Waals surface area contributed by atoms with Gasteiger partial charge in [0.15, 0.2) is 0 Å². The number of hydrogen-bond acceptors (Lipinski definition) is 4. The Morgan fingerprint density at radius 1 is 1.06 bits per heavy atom. The van der Waals surface area contributed by atoms with Crippen LogP contribution in [-0.4, -0.2) is 36.7 Å². The first-order valence-corrected chi connectivity index (χ1v) is 11.8. The van der Waals surface area contributed by atoms with Crippen LogP contribution in [0.1, 0.15) is 18.4 Å². The third-order valence-electron chi connectivity index (χ3n) is 5.54. The largest absolute Gasteiger partial charge is 0.352 e. The first-order chi connectivity index (χ1) is 14.8. The molecule has 0 atom stereocenters. The van der Waals surface area contributed by atoms with Crippen LogP contribution in [-0.2, 0) is 21.4 Å². The highest BCUT2D eigenvalue weighted by Gasteiger charge is 2.32. The second-order valence-electron chi connectivity index (χ2n) is 7.59. The highest BCUT2D eigenvalue weighted by Crippen LogP contribution is 2.25. The lowest BCUT2D eigenvalue weighted by Gasteiger charge is -2.30. The Hall–Kier alpha value is -2.68. The summed E-state index contributed by atoms with van der Waals surface area (Å²) in [6, 6.07) is 14.9. The smallest absolute Gasteiger partial charge is 0.248 e. The molecule has 0 spiro atoms.